The molecule has 1 nitrogen and oxygen atoms in total. The number of piperidine rings is 1. The summed E-state index contributed by atoms with van der Waals surface area (Å²) in [5.74, 6) is 0. The number of hydrogen-bond donors (Lipinski definition) is 0. The van der Waals surface area contributed by atoms with Gasteiger partial charge in [0.2, 0.25) is 0 Å². The lowest BCUT2D eigenvalue weighted by Crippen LogP contribution is -2.44. The monoisotopic (exact) mass is 285 g/mol. The molecule has 1 fully saturated rings. The zero-order chi connectivity index (χ0) is 12.1. The molecule has 1 saturated heterocycles. The van der Waals surface area contributed by atoms with Gasteiger partial charge in [-0.05, 0) is 49.4 Å². The van der Waals surface area contributed by atoms with E-state index in [1.54, 1.807) is 0 Å². The Morgan fingerprint density at radius 1 is 1.35 bits per heavy atom. The Balaban J connectivity index is 2.35. The molecule has 1 heterocycles. The Kier molecular flexibility index (Phi) is 5.10. The number of hydrogen-bond acceptors (Lipinski definition) is 3. The predicted octanol–water partition coefficient (Wildman–Crippen LogP) is 4.21. The average Bonchev–Trinajstić information content (AvgIpc) is 2.41. The maximum absolute atomic E-state index is 5.24. The maximum Gasteiger partial charge on any atom is 0.0562 e. The van der Waals surface area contributed by atoms with E-state index in [4.69, 9.17) is 11.8 Å². The molecule has 1 aromatic rings. The highest BCUT2D eigenvalue weighted by Crippen LogP contribution is 2.46. The van der Waals surface area contributed by atoms with E-state index in [1.807, 2.05) is 11.6 Å². The largest absolute Gasteiger partial charge is 0.236 e. The van der Waals surface area contributed by atoms with Gasteiger partial charge in [0.1, 0.15) is 0 Å². The second-order valence-electron chi connectivity index (χ2n) is 4.51. The van der Waals surface area contributed by atoms with Gasteiger partial charge in [0.15, 0.2) is 0 Å². The molecule has 94 valence electrons. The molecule has 0 radical (unpaired) electrons. The second-order valence-corrected chi connectivity index (χ2v) is 8.30. The lowest BCUT2D eigenvalue weighted by Gasteiger charge is -2.46. The van der Waals surface area contributed by atoms with Crippen LogP contribution in [0, 0.1) is 0 Å². The molecule has 0 spiro atoms. The van der Waals surface area contributed by atoms with Crippen LogP contribution in [0.4, 0.5) is 0 Å². The summed E-state index contributed by atoms with van der Waals surface area (Å²) in [7, 11) is 0. The van der Waals surface area contributed by atoms with Gasteiger partial charge in [-0.25, -0.2) is 4.31 Å². The van der Waals surface area contributed by atoms with E-state index in [2.05, 4.69) is 41.6 Å². The van der Waals surface area contributed by atoms with E-state index < -0.39 is 0 Å². The average molecular weight is 285 g/mol. The maximum atomic E-state index is 5.24. The van der Waals surface area contributed by atoms with Gasteiger partial charge < -0.3 is 0 Å². The Morgan fingerprint density at radius 3 is 2.76 bits per heavy atom. The van der Waals surface area contributed by atoms with Crippen LogP contribution in [-0.4, -0.2) is 10.8 Å². The van der Waals surface area contributed by atoms with Crippen LogP contribution in [0.5, 0.6) is 0 Å². The molecule has 1 aliphatic heterocycles. The first-order chi connectivity index (χ1) is 8.33. The Morgan fingerprint density at radius 2 is 2.12 bits per heavy atom. The fourth-order valence-corrected chi connectivity index (χ4v) is 5.85. The molecule has 2 rings (SSSR count). The van der Waals surface area contributed by atoms with Gasteiger partial charge in [0, 0.05) is 6.54 Å². The Bertz CT molecular complexity index is 371. The van der Waals surface area contributed by atoms with E-state index in [1.165, 1.54) is 37.8 Å². The summed E-state index contributed by atoms with van der Waals surface area (Å²) in [6, 6.07) is 11.0. The van der Waals surface area contributed by atoms with E-state index in [0.29, 0.717) is 0 Å². The van der Waals surface area contributed by atoms with Crippen molar-refractivity contribution < 1.29 is 0 Å². The first-order valence-electron chi connectivity index (χ1n) is 6.27. The smallest absolute Gasteiger partial charge is 0.0562 e. The molecule has 0 bridgehead atoms. The molecule has 2 unspecified atom stereocenters. The first-order valence-corrected chi connectivity index (χ1v) is 10.4. The van der Waals surface area contributed by atoms with Crippen LogP contribution in [0.15, 0.2) is 30.3 Å². The highest BCUT2D eigenvalue weighted by Gasteiger charge is 2.38. The molecule has 0 N–H and O–H groups in total. The molecule has 1 aromatic carbocycles. The van der Waals surface area contributed by atoms with E-state index >= 15 is 0 Å². The minimum atomic E-state index is 0.0706. The van der Waals surface area contributed by atoms with Crippen LogP contribution in [0.2, 0.25) is 0 Å². The van der Waals surface area contributed by atoms with Crippen LogP contribution in [-0.2, 0) is 17.3 Å². The summed E-state index contributed by atoms with van der Waals surface area (Å²) < 4.78 is 2.58. The quantitative estimate of drug-likeness (QED) is 0.602. The molecule has 0 saturated carbocycles. The van der Waals surface area contributed by atoms with Crippen LogP contribution in [0.3, 0.4) is 0 Å². The van der Waals surface area contributed by atoms with Crippen LogP contribution in [0.1, 0.15) is 38.2 Å². The molecule has 0 amide bonds. The molecule has 0 aromatic heterocycles. The Labute approximate surface area is 115 Å². The van der Waals surface area contributed by atoms with Crippen molar-refractivity contribution in [1.29, 1.82) is 0 Å². The topological polar surface area (TPSA) is 3.24 Å². The van der Waals surface area contributed by atoms with Crippen molar-refractivity contribution in [3.63, 3.8) is 0 Å². The second kappa shape index (κ2) is 6.38. The van der Waals surface area contributed by atoms with E-state index in [0.717, 1.165) is 0 Å². The third kappa shape index (κ3) is 2.78. The van der Waals surface area contributed by atoms with E-state index in [9.17, 15) is 0 Å². The fraction of sp³-hybridized carbons (Fsp3) is 0.538. The van der Waals surface area contributed by atoms with Crippen molar-refractivity contribution >= 4 is 29.9 Å². The lowest BCUT2D eigenvalue weighted by molar-refractivity contribution is 0.140. The van der Waals surface area contributed by atoms with Crippen molar-refractivity contribution in [2.24, 2.45) is 0 Å². The van der Waals surface area contributed by atoms with Gasteiger partial charge in [-0.1, -0.05) is 49.1 Å². The lowest BCUT2D eigenvalue weighted by atomic mass is 9.80. The Hall–Kier alpha value is 0.180. The summed E-state index contributed by atoms with van der Waals surface area (Å²) in [6.45, 7) is 3.57. The SMILES string of the molecule is CCC1(c2ccccc2)CCCCN1S[PH2]=S. The summed E-state index contributed by atoms with van der Waals surface area (Å²) in [5, 5.41) is 0. The van der Waals surface area contributed by atoms with Crippen LogP contribution >= 0.6 is 18.1 Å². The normalized spacial score (nSPS) is 26.6. The minimum Gasteiger partial charge on any atom is -0.236 e. The van der Waals surface area contributed by atoms with Gasteiger partial charge >= 0.3 is 0 Å². The molecule has 17 heavy (non-hydrogen) atoms. The van der Waals surface area contributed by atoms with Crippen molar-refractivity contribution in [3.05, 3.63) is 35.9 Å². The van der Waals surface area contributed by atoms with Gasteiger partial charge in [0.05, 0.1) is 5.54 Å². The van der Waals surface area contributed by atoms with Crippen molar-refractivity contribution in [1.82, 2.24) is 4.31 Å². The first kappa shape index (κ1) is 13.6. The van der Waals surface area contributed by atoms with Gasteiger partial charge in [-0.2, -0.15) is 0 Å². The van der Waals surface area contributed by atoms with Crippen molar-refractivity contribution in [2.75, 3.05) is 6.54 Å². The minimum absolute atomic E-state index is 0.0706. The van der Waals surface area contributed by atoms with Crippen molar-refractivity contribution in [3.8, 4) is 0 Å². The number of rotatable bonds is 4. The number of benzene rings is 1. The zero-order valence-electron chi connectivity index (χ0n) is 10.3. The predicted molar refractivity (Wildman–Crippen MR) is 83.6 cm³/mol. The third-order valence-electron chi connectivity index (χ3n) is 3.75. The van der Waals surface area contributed by atoms with Crippen LogP contribution in [0.25, 0.3) is 0 Å². The fourth-order valence-electron chi connectivity index (χ4n) is 2.81. The van der Waals surface area contributed by atoms with Gasteiger partial charge in [-0.15, -0.1) is 0 Å². The highest BCUT2D eigenvalue weighted by molar-refractivity contribution is 8.56. The van der Waals surface area contributed by atoms with Crippen molar-refractivity contribution in [2.45, 2.75) is 38.1 Å². The van der Waals surface area contributed by atoms with Crippen LogP contribution < -0.4 is 0 Å². The highest BCUT2D eigenvalue weighted by atomic mass is 32.9. The molecular weight excluding hydrogens is 265 g/mol. The molecule has 1 aliphatic rings. The summed E-state index contributed by atoms with van der Waals surface area (Å²) in [6.07, 6.45) is 5.11. The zero-order valence-corrected chi connectivity index (χ0v) is 13.1. The summed E-state index contributed by atoms with van der Waals surface area (Å²) in [4.78, 5) is 0. The van der Waals surface area contributed by atoms with Gasteiger partial charge in [0.25, 0.3) is 0 Å². The standard InChI is InChI=1S/C13H20NPS2/c1-2-13(12-8-4-3-5-9-12)10-6-7-11-14(13)17-15-16/h3-5,8-9H,2,6-7,10-11,15H2,1H3. The molecule has 2 atom stereocenters. The number of nitrogens with zero attached hydrogens (tertiary/aromatic N) is 1. The summed E-state index contributed by atoms with van der Waals surface area (Å²) in [5.41, 5.74) is 1.70. The third-order valence-corrected chi connectivity index (χ3v) is 6.41. The molecule has 0 aliphatic carbocycles. The molecular formula is C13H20NPS2. The summed E-state index contributed by atoms with van der Waals surface area (Å²) >= 11 is 7.15. The van der Waals surface area contributed by atoms with Gasteiger partial charge in [-0.3, -0.25) is 0 Å². The van der Waals surface area contributed by atoms with E-state index in [-0.39, 0.29) is 12.1 Å². The molecule has 4 heteroatoms.